The Morgan fingerprint density at radius 3 is 2.79 bits per heavy atom. The summed E-state index contributed by atoms with van der Waals surface area (Å²) in [4.78, 5) is 10.3. The van der Waals surface area contributed by atoms with Crippen molar-refractivity contribution in [3.63, 3.8) is 0 Å². The first-order valence-electron chi connectivity index (χ1n) is 6.31. The zero-order valence-electron chi connectivity index (χ0n) is 10.9. The maximum Gasteiger partial charge on any atom is 0.273 e. The second-order valence-electron chi connectivity index (χ2n) is 4.97. The van der Waals surface area contributed by atoms with Crippen LogP contribution in [0.2, 0.25) is 0 Å². The van der Waals surface area contributed by atoms with Crippen LogP contribution >= 0.6 is 0 Å². The van der Waals surface area contributed by atoms with Gasteiger partial charge >= 0.3 is 0 Å². The number of non-ortho nitro benzene ring substituents is 1. The standard InChI is InChI=1S/C13H18N2O4/c1-10-2-3-11(15(17)18)8-12(10)19-9-13(16)4-6-14-7-5-13/h2-3,8,14,16H,4-7,9H2,1H3. The number of piperidine rings is 1. The predicted octanol–water partition coefficient (Wildman–Crippen LogP) is 1.40. The lowest BCUT2D eigenvalue weighted by atomic mass is 9.93. The molecular weight excluding hydrogens is 248 g/mol. The molecule has 1 heterocycles. The summed E-state index contributed by atoms with van der Waals surface area (Å²) >= 11 is 0. The molecule has 1 aliphatic rings. The third kappa shape index (κ3) is 3.42. The molecule has 0 spiro atoms. The molecule has 0 saturated carbocycles. The molecule has 0 bridgehead atoms. The zero-order chi connectivity index (χ0) is 13.9. The maximum absolute atomic E-state index is 10.7. The number of nitrogens with one attached hydrogen (secondary N) is 1. The van der Waals surface area contributed by atoms with Crippen LogP contribution in [-0.4, -0.2) is 35.3 Å². The molecule has 19 heavy (non-hydrogen) atoms. The first-order valence-corrected chi connectivity index (χ1v) is 6.31. The number of ether oxygens (including phenoxy) is 1. The Morgan fingerprint density at radius 2 is 2.16 bits per heavy atom. The number of benzene rings is 1. The smallest absolute Gasteiger partial charge is 0.273 e. The minimum absolute atomic E-state index is 0.00194. The Balaban J connectivity index is 2.06. The Kier molecular flexibility index (Phi) is 4.01. The van der Waals surface area contributed by atoms with Crippen LogP contribution in [0.15, 0.2) is 18.2 Å². The van der Waals surface area contributed by atoms with E-state index in [0.717, 1.165) is 18.7 Å². The summed E-state index contributed by atoms with van der Waals surface area (Å²) < 4.78 is 5.59. The summed E-state index contributed by atoms with van der Waals surface area (Å²) in [6.07, 6.45) is 1.25. The summed E-state index contributed by atoms with van der Waals surface area (Å²) in [7, 11) is 0. The van der Waals surface area contributed by atoms with Crippen LogP contribution in [0.4, 0.5) is 5.69 Å². The Hall–Kier alpha value is -1.66. The fourth-order valence-corrected chi connectivity index (χ4v) is 2.11. The molecule has 1 fully saturated rings. The number of nitrogens with zero attached hydrogens (tertiary/aromatic N) is 1. The van der Waals surface area contributed by atoms with Crippen molar-refractivity contribution in [1.29, 1.82) is 0 Å². The van der Waals surface area contributed by atoms with Crippen LogP contribution in [0.25, 0.3) is 0 Å². The van der Waals surface area contributed by atoms with Gasteiger partial charge in [-0.3, -0.25) is 10.1 Å². The average Bonchev–Trinajstić information content (AvgIpc) is 2.38. The number of nitro benzene ring substituents is 1. The van der Waals surface area contributed by atoms with E-state index in [-0.39, 0.29) is 12.3 Å². The second kappa shape index (κ2) is 5.54. The van der Waals surface area contributed by atoms with Gasteiger partial charge in [-0.2, -0.15) is 0 Å². The van der Waals surface area contributed by atoms with Gasteiger partial charge in [0.15, 0.2) is 0 Å². The van der Waals surface area contributed by atoms with E-state index in [0.29, 0.717) is 18.6 Å². The second-order valence-corrected chi connectivity index (χ2v) is 4.97. The van der Waals surface area contributed by atoms with E-state index in [2.05, 4.69) is 5.32 Å². The Bertz CT molecular complexity index is 470. The van der Waals surface area contributed by atoms with Gasteiger partial charge in [-0.25, -0.2) is 0 Å². The van der Waals surface area contributed by atoms with Crippen molar-refractivity contribution in [3.05, 3.63) is 33.9 Å². The van der Waals surface area contributed by atoms with Gasteiger partial charge in [0.1, 0.15) is 18.0 Å². The first-order chi connectivity index (χ1) is 9.00. The van der Waals surface area contributed by atoms with Gasteiger partial charge in [-0.15, -0.1) is 0 Å². The molecule has 1 saturated heterocycles. The molecule has 6 nitrogen and oxygen atoms in total. The van der Waals surface area contributed by atoms with Gasteiger partial charge in [0.2, 0.25) is 0 Å². The summed E-state index contributed by atoms with van der Waals surface area (Å²) in [6, 6.07) is 4.50. The fraction of sp³-hybridized carbons (Fsp3) is 0.538. The van der Waals surface area contributed by atoms with Gasteiger partial charge in [-0.1, -0.05) is 0 Å². The third-order valence-electron chi connectivity index (χ3n) is 3.41. The monoisotopic (exact) mass is 266 g/mol. The van der Waals surface area contributed by atoms with Crippen molar-refractivity contribution in [1.82, 2.24) is 5.32 Å². The van der Waals surface area contributed by atoms with Crippen molar-refractivity contribution in [2.45, 2.75) is 25.4 Å². The Labute approximate surface area is 111 Å². The predicted molar refractivity (Wildman–Crippen MR) is 70.4 cm³/mol. The molecule has 1 aromatic carbocycles. The van der Waals surface area contributed by atoms with Crippen LogP contribution in [0, 0.1) is 17.0 Å². The molecule has 2 N–H and O–H groups in total. The van der Waals surface area contributed by atoms with E-state index in [1.807, 2.05) is 6.92 Å². The highest BCUT2D eigenvalue weighted by molar-refractivity contribution is 5.43. The molecule has 2 rings (SSSR count). The Morgan fingerprint density at radius 1 is 1.47 bits per heavy atom. The molecule has 1 aromatic rings. The normalized spacial score (nSPS) is 18.0. The summed E-state index contributed by atoms with van der Waals surface area (Å²) in [5.74, 6) is 0.459. The molecule has 0 amide bonds. The van der Waals surface area contributed by atoms with Crippen LogP contribution in [0.5, 0.6) is 5.75 Å². The largest absolute Gasteiger partial charge is 0.490 e. The lowest BCUT2D eigenvalue weighted by Gasteiger charge is -2.32. The van der Waals surface area contributed by atoms with Gasteiger partial charge in [0.05, 0.1) is 11.0 Å². The molecule has 0 radical (unpaired) electrons. The van der Waals surface area contributed by atoms with E-state index in [4.69, 9.17) is 4.74 Å². The molecular formula is C13H18N2O4. The van der Waals surface area contributed by atoms with Gasteiger partial charge in [-0.05, 0) is 44.5 Å². The fourth-order valence-electron chi connectivity index (χ4n) is 2.11. The summed E-state index contributed by atoms with van der Waals surface area (Å²) in [5.41, 5.74) is -0.0245. The van der Waals surface area contributed by atoms with E-state index >= 15 is 0 Å². The maximum atomic E-state index is 10.7. The van der Waals surface area contributed by atoms with Crippen LogP contribution in [0.1, 0.15) is 18.4 Å². The molecule has 104 valence electrons. The molecule has 0 unspecified atom stereocenters. The van der Waals surface area contributed by atoms with Gasteiger partial charge in [0.25, 0.3) is 5.69 Å². The van der Waals surface area contributed by atoms with Crippen LogP contribution in [0.3, 0.4) is 0 Å². The minimum atomic E-state index is -0.845. The molecule has 0 aromatic heterocycles. The van der Waals surface area contributed by atoms with Crippen molar-refractivity contribution < 1.29 is 14.8 Å². The molecule has 0 atom stereocenters. The van der Waals surface area contributed by atoms with E-state index in [9.17, 15) is 15.2 Å². The number of rotatable bonds is 4. The van der Waals surface area contributed by atoms with E-state index in [1.54, 1.807) is 6.07 Å². The van der Waals surface area contributed by atoms with E-state index < -0.39 is 10.5 Å². The highest BCUT2D eigenvalue weighted by atomic mass is 16.6. The van der Waals surface area contributed by atoms with Crippen molar-refractivity contribution in [2.24, 2.45) is 0 Å². The molecule has 0 aliphatic carbocycles. The molecule has 1 aliphatic heterocycles. The topological polar surface area (TPSA) is 84.6 Å². The van der Waals surface area contributed by atoms with Gasteiger partial charge < -0.3 is 15.2 Å². The third-order valence-corrected chi connectivity index (χ3v) is 3.41. The number of aryl methyl sites for hydroxylation is 1. The quantitative estimate of drug-likeness (QED) is 0.635. The molecule has 6 heteroatoms. The average molecular weight is 266 g/mol. The minimum Gasteiger partial charge on any atom is -0.490 e. The van der Waals surface area contributed by atoms with Crippen LogP contribution < -0.4 is 10.1 Å². The number of nitro groups is 1. The van der Waals surface area contributed by atoms with Crippen LogP contribution in [-0.2, 0) is 0 Å². The lowest BCUT2D eigenvalue weighted by molar-refractivity contribution is -0.385. The lowest BCUT2D eigenvalue weighted by Crippen LogP contribution is -2.46. The zero-order valence-corrected chi connectivity index (χ0v) is 10.9. The van der Waals surface area contributed by atoms with Crippen molar-refractivity contribution in [2.75, 3.05) is 19.7 Å². The number of hydrogen-bond donors (Lipinski definition) is 2. The number of hydrogen-bond acceptors (Lipinski definition) is 5. The highest BCUT2D eigenvalue weighted by Gasteiger charge is 2.30. The first kappa shape index (κ1) is 13.8. The van der Waals surface area contributed by atoms with Gasteiger partial charge in [0, 0.05) is 6.07 Å². The summed E-state index contributed by atoms with van der Waals surface area (Å²) in [6.45, 7) is 3.50. The van der Waals surface area contributed by atoms with Crippen molar-refractivity contribution in [3.8, 4) is 5.75 Å². The SMILES string of the molecule is Cc1ccc([N+](=O)[O-])cc1OCC1(O)CCNCC1. The summed E-state index contributed by atoms with van der Waals surface area (Å²) in [5, 5.41) is 24.2. The van der Waals surface area contributed by atoms with E-state index in [1.165, 1.54) is 12.1 Å². The van der Waals surface area contributed by atoms with Crippen molar-refractivity contribution >= 4 is 5.69 Å². The highest BCUT2D eigenvalue weighted by Crippen LogP contribution is 2.26. The number of aliphatic hydroxyl groups is 1.